The van der Waals surface area contributed by atoms with Crippen molar-refractivity contribution in [2.24, 2.45) is 0 Å². The van der Waals surface area contributed by atoms with Crippen molar-refractivity contribution in [3.8, 4) is 0 Å². The largest absolute Gasteiger partial charge is 0.297 e. The Morgan fingerprint density at radius 3 is 3.00 bits per heavy atom. The maximum atomic E-state index is 13.5. The average Bonchev–Trinajstić information content (AvgIpc) is 2.44. The molecule has 0 aromatic rings. The summed E-state index contributed by atoms with van der Waals surface area (Å²) in [5, 5.41) is 0. The van der Waals surface area contributed by atoms with Gasteiger partial charge in [0.2, 0.25) is 0 Å². The lowest BCUT2D eigenvalue weighted by Crippen LogP contribution is -2.48. The Hall–Kier alpha value is -0.0451. The molecule has 0 N–H and O–H groups in total. The minimum absolute atomic E-state index is 0.425. The van der Waals surface area contributed by atoms with Crippen molar-refractivity contribution >= 4 is 7.85 Å². The van der Waals surface area contributed by atoms with Crippen LogP contribution in [0, 0.1) is 0 Å². The molecule has 2 fully saturated rings. The van der Waals surface area contributed by atoms with Gasteiger partial charge in [-0.15, -0.1) is 0 Å². The Bertz CT molecular complexity index is 195. The van der Waals surface area contributed by atoms with E-state index < -0.39 is 5.57 Å². The van der Waals surface area contributed by atoms with Gasteiger partial charge in [-0.05, 0) is 32.1 Å². The topological polar surface area (TPSA) is 3.24 Å². The molecule has 13 heavy (non-hydrogen) atoms. The molecular weight excluding hydrogens is 164 g/mol. The van der Waals surface area contributed by atoms with Crippen molar-refractivity contribution in [3.05, 3.63) is 0 Å². The molecule has 0 bridgehead atoms. The smallest absolute Gasteiger partial charge is 0.121 e. The molecule has 2 rings (SSSR count). The third-order valence-corrected chi connectivity index (χ3v) is 3.60. The highest BCUT2D eigenvalue weighted by Gasteiger charge is 2.41. The standard InChI is InChI=1S/C10H17BFN/c1-2-8-3-4-9-7-10(11,12)5-6-13(8)9/h8-9H,2-7H2,1H3. The zero-order chi connectivity index (χ0) is 9.47. The molecule has 0 spiro atoms. The molecule has 0 aromatic heterocycles. The minimum atomic E-state index is -1.39. The first-order valence-electron chi connectivity index (χ1n) is 5.36. The van der Waals surface area contributed by atoms with Gasteiger partial charge >= 0.3 is 0 Å². The molecule has 2 aliphatic heterocycles. The van der Waals surface area contributed by atoms with Gasteiger partial charge in [0, 0.05) is 18.6 Å². The van der Waals surface area contributed by atoms with Crippen LogP contribution in [0.4, 0.5) is 4.39 Å². The third kappa shape index (κ3) is 1.76. The first-order valence-corrected chi connectivity index (χ1v) is 5.36. The third-order valence-electron chi connectivity index (χ3n) is 3.60. The molecule has 3 unspecified atom stereocenters. The van der Waals surface area contributed by atoms with E-state index >= 15 is 0 Å². The summed E-state index contributed by atoms with van der Waals surface area (Å²) in [6.45, 7) is 3.07. The molecule has 1 nitrogen and oxygen atoms in total. The maximum absolute atomic E-state index is 13.5. The Balaban J connectivity index is 2.02. The Kier molecular flexibility index (Phi) is 2.39. The zero-order valence-electron chi connectivity index (χ0n) is 8.30. The van der Waals surface area contributed by atoms with Crippen LogP contribution in [0.25, 0.3) is 0 Å². The minimum Gasteiger partial charge on any atom is -0.297 e. The molecule has 0 saturated carbocycles. The van der Waals surface area contributed by atoms with E-state index in [2.05, 4.69) is 11.8 Å². The second-order valence-corrected chi connectivity index (χ2v) is 4.52. The molecule has 2 aliphatic rings. The summed E-state index contributed by atoms with van der Waals surface area (Å²) in [4.78, 5) is 2.46. The fourth-order valence-electron chi connectivity index (χ4n) is 2.85. The SMILES string of the molecule is [B]C1(F)CCN2C(CC)CCC2C1. The van der Waals surface area contributed by atoms with Gasteiger partial charge in [0.05, 0.1) is 5.57 Å². The van der Waals surface area contributed by atoms with E-state index in [0.29, 0.717) is 24.9 Å². The van der Waals surface area contributed by atoms with Crippen molar-refractivity contribution in [3.63, 3.8) is 0 Å². The van der Waals surface area contributed by atoms with Crippen molar-refractivity contribution in [2.45, 2.75) is 56.7 Å². The summed E-state index contributed by atoms with van der Waals surface area (Å²) in [6.07, 6.45) is 4.63. The Morgan fingerprint density at radius 1 is 1.54 bits per heavy atom. The lowest BCUT2D eigenvalue weighted by atomic mass is 9.73. The van der Waals surface area contributed by atoms with E-state index in [1.54, 1.807) is 0 Å². The normalized spacial score (nSPS) is 46.3. The van der Waals surface area contributed by atoms with Crippen LogP contribution < -0.4 is 0 Å². The molecule has 0 amide bonds. The highest BCUT2D eigenvalue weighted by molar-refractivity contribution is 6.14. The summed E-state index contributed by atoms with van der Waals surface area (Å²) in [6, 6.07) is 1.12. The van der Waals surface area contributed by atoms with Gasteiger partial charge in [-0.2, -0.15) is 0 Å². The van der Waals surface area contributed by atoms with E-state index in [-0.39, 0.29) is 0 Å². The van der Waals surface area contributed by atoms with Gasteiger partial charge in [-0.3, -0.25) is 9.29 Å². The summed E-state index contributed by atoms with van der Waals surface area (Å²) in [5.74, 6) is 0. The lowest BCUT2D eigenvalue weighted by Gasteiger charge is -2.40. The van der Waals surface area contributed by atoms with Crippen LogP contribution in [0.5, 0.6) is 0 Å². The van der Waals surface area contributed by atoms with E-state index in [4.69, 9.17) is 7.85 Å². The van der Waals surface area contributed by atoms with Crippen LogP contribution >= 0.6 is 0 Å². The number of piperidine rings is 1. The number of fused-ring (bicyclic) bond motifs is 1. The van der Waals surface area contributed by atoms with Gasteiger partial charge in [0.1, 0.15) is 7.85 Å². The van der Waals surface area contributed by atoms with Gasteiger partial charge < -0.3 is 0 Å². The summed E-state index contributed by atoms with van der Waals surface area (Å²) in [7, 11) is 5.53. The van der Waals surface area contributed by atoms with Crippen LogP contribution in [0.2, 0.25) is 0 Å². The Morgan fingerprint density at radius 2 is 2.31 bits per heavy atom. The number of rotatable bonds is 1. The fourth-order valence-corrected chi connectivity index (χ4v) is 2.85. The molecule has 3 heteroatoms. The molecule has 2 saturated heterocycles. The first kappa shape index (κ1) is 9.51. The van der Waals surface area contributed by atoms with Gasteiger partial charge in [0.15, 0.2) is 0 Å². The van der Waals surface area contributed by atoms with E-state index in [1.807, 2.05) is 0 Å². The molecule has 72 valence electrons. The monoisotopic (exact) mass is 181 g/mol. The van der Waals surface area contributed by atoms with E-state index in [9.17, 15) is 4.39 Å². The van der Waals surface area contributed by atoms with Crippen molar-refractivity contribution in [2.75, 3.05) is 6.54 Å². The summed E-state index contributed by atoms with van der Waals surface area (Å²) < 4.78 is 13.5. The first-order chi connectivity index (χ1) is 6.12. The quantitative estimate of drug-likeness (QED) is 0.558. The predicted molar refractivity (Wildman–Crippen MR) is 52.6 cm³/mol. The van der Waals surface area contributed by atoms with Crippen LogP contribution in [-0.4, -0.2) is 36.9 Å². The molecule has 2 radical (unpaired) electrons. The van der Waals surface area contributed by atoms with E-state index in [0.717, 1.165) is 13.0 Å². The molecule has 0 aromatic carbocycles. The van der Waals surface area contributed by atoms with Gasteiger partial charge in [0.25, 0.3) is 0 Å². The Labute approximate surface area is 81.1 Å². The van der Waals surface area contributed by atoms with E-state index in [1.165, 1.54) is 12.8 Å². The zero-order valence-corrected chi connectivity index (χ0v) is 8.30. The second kappa shape index (κ2) is 3.27. The second-order valence-electron chi connectivity index (χ2n) is 4.52. The van der Waals surface area contributed by atoms with Gasteiger partial charge in [-0.1, -0.05) is 6.92 Å². The highest BCUT2D eigenvalue weighted by atomic mass is 19.1. The number of halogens is 1. The number of hydrogen-bond donors (Lipinski definition) is 0. The molecular formula is C10H17BFN. The van der Waals surface area contributed by atoms with Crippen molar-refractivity contribution < 1.29 is 4.39 Å². The lowest BCUT2D eigenvalue weighted by molar-refractivity contribution is 0.0707. The van der Waals surface area contributed by atoms with Crippen molar-refractivity contribution in [1.29, 1.82) is 0 Å². The molecule has 3 atom stereocenters. The predicted octanol–water partition coefficient (Wildman–Crippen LogP) is 1.86. The number of alkyl halides is 1. The van der Waals surface area contributed by atoms with Crippen molar-refractivity contribution in [1.82, 2.24) is 4.90 Å². The maximum Gasteiger partial charge on any atom is 0.121 e. The van der Waals surface area contributed by atoms with Crippen LogP contribution in [0.3, 0.4) is 0 Å². The molecule has 2 heterocycles. The number of hydrogen-bond acceptors (Lipinski definition) is 1. The average molecular weight is 181 g/mol. The fraction of sp³-hybridized carbons (Fsp3) is 1.00. The summed E-state index contributed by atoms with van der Waals surface area (Å²) in [5.41, 5.74) is -1.39. The van der Waals surface area contributed by atoms with Crippen LogP contribution in [0.1, 0.15) is 39.0 Å². The van der Waals surface area contributed by atoms with Gasteiger partial charge in [-0.25, -0.2) is 0 Å². The highest BCUT2D eigenvalue weighted by Crippen LogP contribution is 2.37. The van der Waals surface area contributed by atoms with Crippen LogP contribution in [0.15, 0.2) is 0 Å². The summed E-state index contributed by atoms with van der Waals surface area (Å²) >= 11 is 0. The number of nitrogens with zero attached hydrogens (tertiary/aromatic N) is 1. The van der Waals surface area contributed by atoms with Crippen LogP contribution in [-0.2, 0) is 0 Å². The molecule has 0 aliphatic carbocycles.